The number of hydrogen-bond acceptors (Lipinski definition) is 2. The number of rotatable bonds is 4. The summed E-state index contributed by atoms with van der Waals surface area (Å²) < 4.78 is 0. The Morgan fingerprint density at radius 1 is 1.11 bits per heavy atom. The molecule has 0 radical (unpaired) electrons. The maximum Gasteiger partial charge on any atom is 0.0505 e. The van der Waals surface area contributed by atoms with Crippen molar-refractivity contribution in [2.45, 2.75) is 56.9 Å². The van der Waals surface area contributed by atoms with Crippen LogP contribution < -0.4 is 5.73 Å². The van der Waals surface area contributed by atoms with Crippen LogP contribution in [0.25, 0.3) is 0 Å². The molecule has 2 nitrogen and oxygen atoms in total. The minimum absolute atomic E-state index is 0.00194. The van der Waals surface area contributed by atoms with Crippen molar-refractivity contribution in [2.75, 3.05) is 6.61 Å². The molecule has 2 saturated carbocycles. The highest BCUT2D eigenvalue weighted by Crippen LogP contribution is 2.53. The molecule has 0 amide bonds. The highest BCUT2D eigenvalue weighted by molar-refractivity contribution is 5.30. The Balaban J connectivity index is 1.71. The van der Waals surface area contributed by atoms with E-state index in [9.17, 15) is 5.11 Å². The van der Waals surface area contributed by atoms with E-state index in [1.54, 1.807) is 0 Å². The van der Waals surface area contributed by atoms with Crippen molar-refractivity contribution in [3.63, 3.8) is 0 Å². The van der Waals surface area contributed by atoms with Gasteiger partial charge in [0.05, 0.1) is 6.61 Å². The Morgan fingerprint density at radius 3 is 2.26 bits per heavy atom. The monoisotopic (exact) mass is 259 g/mol. The van der Waals surface area contributed by atoms with Gasteiger partial charge in [-0.2, -0.15) is 0 Å². The summed E-state index contributed by atoms with van der Waals surface area (Å²) in [6, 6.07) is 8.89. The zero-order valence-corrected chi connectivity index (χ0v) is 11.6. The number of hydrogen-bond donors (Lipinski definition) is 2. The van der Waals surface area contributed by atoms with E-state index in [0.29, 0.717) is 0 Å². The maximum absolute atomic E-state index is 9.47. The standard InChI is InChI=1S/C17H25NO/c18-16(17(12-19)10-11-17)15-8-6-14(7-9-15)13-4-2-1-3-5-13/h6-9,13,16,19H,1-5,10-12,18H2. The number of aliphatic hydroxyl groups is 1. The van der Waals surface area contributed by atoms with Crippen LogP contribution >= 0.6 is 0 Å². The Hall–Kier alpha value is -0.860. The third-order valence-corrected chi connectivity index (χ3v) is 5.24. The summed E-state index contributed by atoms with van der Waals surface area (Å²) in [5, 5.41) is 9.47. The zero-order chi connectivity index (χ0) is 13.3. The van der Waals surface area contributed by atoms with Crippen LogP contribution in [-0.2, 0) is 0 Å². The molecule has 0 bridgehead atoms. The normalized spacial score (nSPS) is 24.1. The largest absolute Gasteiger partial charge is 0.396 e. The molecule has 1 aromatic carbocycles. The minimum atomic E-state index is -0.0215. The lowest BCUT2D eigenvalue weighted by Gasteiger charge is -2.24. The summed E-state index contributed by atoms with van der Waals surface area (Å²) in [5.74, 6) is 0.756. The SMILES string of the molecule is NC(c1ccc(C2CCCCC2)cc1)C1(CO)CC1. The van der Waals surface area contributed by atoms with Crippen molar-refractivity contribution in [1.82, 2.24) is 0 Å². The second-order valence-electron chi connectivity index (χ2n) is 6.50. The van der Waals surface area contributed by atoms with Crippen molar-refractivity contribution in [3.8, 4) is 0 Å². The molecule has 0 spiro atoms. The molecule has 2 aliphatic rings. The molecule has 3 N–H and O–H groups in total. The molecule has 3 rings (SSSR count). The number of aliphatic hydroxyl groups excluding tert-OH is 1. The molecule has 1 unspecified atom stereocenters. The lowest BCUT2D eigenvalue weighted by atomic mass is 9.83. The second-order valence-corrected chi connectivity index (χ2v) is 6.50. The summed E-state index contributed by atoms with van der Waals surface area (Å²) in [6.45, 7) is 0.221. The summed E-state index contributed by atoms with van der Waals surface area (Å²) >= 11 is 0. The fourth-order valence-corrected chi connectivity index (χ4v) is 3.49. The van der Waals surface area contributed by atoms with Gasteiger partial charge >= 0.3 is 0 Å². The zero-order valence-electron chi connectivity index (χ0n) is 11.6. The third kappa shape index (κ3) is 2.56. The molecule has 1 aromatic rings. The van der Waals surface area contributed by atoms with E-state index in [4.69, 9.17) is 5.73 Å². The van der Waals surface area contributed by atoms with Crippen molar-refractivity contribution in [2.24, 2.45) is 11.1 Å². The first kappa shape index (κ1) is 13.1. The lowest BCUT2D eigenvalue weighted by Crippen LogP contribution is -2.25. The summed E-state index contributed by atoms with van der Waals surface area (Å²) in [5.41, 5.74) is 8.96. The second kappa shape index (κ2) is 5.26. The van der Waals surface area contributed by atoms with Gasteiger partial charge in [-0.3, -0.25) is 0 Å². The van der Waals surface area contributed by atoms with Crippen LogP contribution in [0.15, 0.2) is 24.3 Å². The Bertz CT molecular complexity index is 415. The van der Waals surface area contributed by atoms with Crippen LogP contribution in [0.2, 0.25) is 0 Å². The molecule has 2 heteroatoms. The van der Waals surface area contributed by atoms with E-state index >= 15 is 0 Å². The highest BCUT2D eigenvalue weighted by Gasteiger charge is 2.47. The quantitative estimate of drug-likeness (QED) is 0.869. The Kier molecular flexibility index (Phi) is 3.64. The highest BCUT2D eigenvalue weighted by atomic mass is 16.3. The van der Waals surface area contributed by atoms with Gasteiger partial charge in [-0.15, -0.1) is 0 Å². The molecule has 19 heavy (non-hydrogen) atoms. The average Bonchev–Trinajstić information content (AvgIpc) is 3.29. The average molecular weight is 259 g/mol. The molecule has 0 saturated heterocycles. The third-order valence-electron chi connectivity index (χ3n) is 5.24. The predicted octanol–water partition coefficient (Wildman–Crippen LogP) is 3.51. The molecule has 0 aliphatic heterocycles. The number of benzene rings is 1. The van der Waals surface area contributed by atoms with E-state index in [0.717, 1.165) is 18.8 Å². The van der Waals surface area contributed by atoms with Crippen LogP contribution in [-0.4, -0.2) is 11.7 Å². The Labute approximate surface area is 116 Å². The van der Waals surface area contributed by atoms with E-state index in [-0.39, 0.29) is 18.1 Å². The van der Waals surface area contributed by atoms with Gasteiger partial charge in [-0.05, 0) is 42.7 Å². The molecule has 0 heterocycles. The fraction of sp³-hybridized carbons (Fsp3) is 0.647. The van der Waals surface area contributed by atoms with Crippen molar-refractivity contribution < 1.29 is 5.11 Å². The van der Waals surface area contributed by atoms with Gasteiger partial charge in [0, 0.05) is 11.5 Å². The van der Waals surface area contributed by atoms with Gasteiger partial charge in [0.25, 0.3) is 0 Å². The van der Waals surface area contributed by atoms with Gasteiger partial charge in [0.2, 0.25) is 0 Å². The molecule has 104 valence electrons. The van der Waals surface area contributed by atoms with Crippen LogP contribution in [0.5, 0.6) is 0 Å². The van der Waals surface area contributed by atoms with Crippen molar-refractivity contribution >= 4 is 0 Å². The van der Waals surface area contributed by atoms with Crippen molar-refractivity contribution in [1.29, 1.82) is 0 Å². The van der Waals surface area contributed by atoms with E-state index in [1.165, 1.54) is 43.2 Å². The molecule has 1 atom stereocenters. The van der Waals surface area contributed by atoms with E-state index in [2.05, 4.69) is 24.3 Å². The van der Waals surface area contributed by atoms with Crippen molar-refractivity contribution in [3.05, 3.63) is 35.4 Å². The summed E-state index contributed by atoms with van der Waals surface area (Å²) in [6.07, 6.45) is 8.96. The van der Waals surface area contributed by atoms with Gasteiger partial charge < -0.3 is 10.8 Å². The van der Waals surface area contributed by atoms with Gasteiger partial charge in [0.15, 0.2) is 0 Å². The van der Waals surface area contributed by atoms with Crippen LogP contribution in [0.1, 0.15) is 68.0 Å². The smallest absolute Gasteiger partial charge is 0.0505 e. The fourth-order valence-electron chi connectivity index (χ4n) is 3.49. The van der Waals surface area contributed by atoms with Crippen LogP contribution in [0, 0.1) is 5.41 Å². The molecule has 2 fully saturated rings. The first-order valence-corrected chi connectivity index (χ1v) is 7.71. The summed E-state index contributed by atoms with van der Waals surface area (Å²) in [7, 11) is 0. The predicted molar refractivity (Wildman–Crippen MR) is 77.9 cm³/mol. The van der Waals surface area contributed by atoms with Gasteiger partial charge in [-0.1, -0.05) is 43.5 Å². The molecular weight excluding hydrogens is 234 g/mol. The van der Waals surface area contributed by atoms with Crippen LogP contribution in [0.4, 0.5) is 0 Å². The summed E-state index contributed by atoms with van der Waals surface area (Å²) in [4.78, 5) is 0. The van der Waals surface area contributed by atoms with Gasteiger partial charge in [0.1, 0.15) is 0 Å². The topological polar surface area (TPSA) is 46.2 Å². The lowest BCUT2D eigenvalue weighted by molar-refractivity contribution is 0.187. The molecular formula is C17H25NO. The number of nitrogens with two attached hydrogens (primary N) is 1. The van der Waals surface area contributed by atoms with Gasteiger partial charge in [-0.25, -0.2) is 0 Å². The van der Waals surface area contributed by atoms with E-state index in [1.807, 2.05) is 0 Å². The maximum atomic E-state index is 9.47. The first-order valence-electron chi connectivity index (χ1n) is 7.71. The minimum Gasteiger partial charge on any atom is -0.396 e. The van der Waals surface area contributed by atoms with Crippen LogP contribution in [0.3, 0.4) is 0 Å². The Morgan fingerprint density at radius 2 is 1.74 bits per heavy atom. The first-order chi connectivity index (χ1) is 9.25. The molecule has 0 aromatic heterocycles. The molecule has 2 aliphatic carbocycles. The van der Waals surface area contributed by atoms with E-state index < -0.39 is 0 Å².